The second-order valence-corrected chi connectivity index (χ2v) is 7.03. The van der Waals surface area contributed by atoms with Crippen LogP contribution in [0.1, 0.15) is 64.7 Å². The Morgan fingerprint density at radius 2 is 2.06 bits per heavy atom. The first-order valence-corrected chi connectivity index (χ1v) is 8.17. The van der Waals surface area contributed by atoms with Crippen LogP contribution in [0.25, 0.3) is 0 Å². The van der Waals surface area contributed by atoms with E-state index in [1.165, 1.54) is 51.5 Å². The highest BCUT2D eigenvalue weighted by Crippen LogP contribution is 2.44. The Morgan fingerprint density at radius 3 is 2.89 bits per heavy atom. The lowest BCUT2D eigenvalue weighted by Gasteiger charge is -2.47. The van der Waals surface area contributed by atoms with Crippen LogP contribution in [0.3, 0.4) is 0 Å². The molecular weight excluding hydrogens is 222 g/mol. The molecule has 2 heterocycles. The molecule has 0 spiro atoms. The summed E-state index contributed by atoms with van der Waals surface area (Å²) in [5.74, 6) is 1.48. The van der Waals surface area contributed by atoms with E-state index in [0.717, 1.165) is 25.3 Å². The fourth-order valence-electron chi connectivity index (χ4n) is 4.79. The molecule has 2 nitrogen and oxygen atoms in total. The molecule has 0 aromatic rings. The van der Waals surface area contributed by atoms with Gasteiger partial charge in [-0.05, 0) is 56.9 Å². The zero-order valence-electron chi connectivity index (χ0n) is 11.9. The van der Waals surface area contributed by atoms with E-state index in [4.69, 9.17) is 0 Å². The minimum Gasteiger partial charge on any atom is -0.389 e. The summed E-state index contributed by atoms with van der Waals surface area (Å²) < 4.78 is 0. The third-order valence-corrected chi connectivity index (χ3v) is 6.04. The van der Waals surface area contributed by atoms with Crippen molar-refractivity contribution in [1.29, 1.82) is 0 Å². The summed E-state index contributed by atoms with van der Waals surface area (Å²) in [5, 5.41) is 11.1. The highest BCUT2D eigenvalue weighted by atomic mass is 16.3. The molecule has 0 radical (unpaired) electrons. The van der Waals surface area contributed by atoms with Crippen molar-refractivity contribution in [2.24, 2.45) is 11.8 Å². The largest absolute Gasteiger partial charge is 0.389 e. The maximum absolute atomic E-state index is 11.1. The van der Waals surface area contributed by atoms with E-state index in [9.17, 15) is 5.11 Å². The van der Waals surface area contributed by atoms with Gasteiger partial charge in [0.25, 0.3) is 0 Å². The van der Waals surface area contributed by atoms with Gasteiger partial charge in [-0.2, -0.15) is 0 Å². The van der Waals surface area contributed by atoms with Crippen LogP contribution in [0, 0.1) is 11.8 Å². The highest BCUT2D eigenvalue weighted by molar-refractivity contribution is 4.99. The molecule has 1 aliphatic carbocycles. The predicted molar refractivity (Wildman–Crippen MR) is 74.5 cm³/mol. The Balaban J connectivity index is 1.66. The molecular formula is C16H29NO. The Bertz CT molecular complexity index is 293. The molecule has 1 N–H and O–H groups in total. The van der Waals surface area contributed by atoms with Crippen LogP contribution in [-0.4, -0.2) is 34.7 Å². The summed E-state index contributed by atoms with van der Waals surface area (Å²) in [6.07, 6.45) is 11.4. The van der Waals surface area contributed by atoms with Crippen LogP contribution in [0.4, 0.5) is 0 Å². The zero-order chi connectivity index (χ0) is 12.6. The molecule has 3 aliphatic rings. The molecule has 4 unspecified atom stereocenters. The number of hydrogen-bond acceptors (Lipinski definition) is 2. The Morgan fingerprint density at radius 1 is 1.17 bits per heavy atom. The van der Waals surface area contributed by atoms with Crippen molar-refractivity contribution in [2.75, 3.05) is 13.1 Å². The molecule has 4 atom stereocenters. The zero-order valence-corrected chi connectivity index (χ0v) is 11.9. The summed E-state index contributed by atoms with van der Waals surface area (Å²) in [4.78, 5) is 2.62. The lowest BCUT2D eigenvalue weighted by atomic mass is 9.67. The van der Waals surface area contributed by atoms with Gasteiger partial charge in [0.2, 0.25) is 0 Å². The third kappa shape index (κ3) is 2.34. The highest BCUT2D eigenvalue weighted by Gasteiger charge is 2.45. The molecule has 0 aromatic heterocycles. The van der Waals surface area contributed by atoms with Gasteiger partial charge in [0.1, 0.15) is 0 Å². The fourth-order valence-corrected chi connectivity index (χ4v) is 4.79. The van der Waals surface area contributed by atoms with Gasteiger partial charge in [-0.3, -0.25) is 0 Å². The second-order valence-electron chi connectivity index (χ2n) is 7.03. The molecule has 104 valence electrons. The van der Waals surface area contributed by atoms with Gasteiger partial charge in [-0.15, -0.1) is 0 Å². The summed E-state index contributed by atoms with van der Waals surface area (Å²) in [6.45, 7) is 4.74. The van der Waals surface area contributed by atoms with Gasteiger partial charge < -0.3 is 10.0 Å². The van der Waals surface area contributed by atoms with Gasteiger partial charge in [0.15, 0.2) is 0 Å². The van der Waals surface area contributed by atoms with E-state index in [1.54, 1.807) is 0 Å². The number of rotatable bonds is 2. The molecule has 0 aromatic carbocycles. The van der Waals surface area contributed by atoms with Gasteiger partial charge in [0, 0.05) is 12.6 Å². The van der Waals surface area contributed by atoms with Crippen LogP contribution in [-0.2, 0) is 0 Å². The van der Waals surface area contributed by atoms with Gasteiger partial charge >= 0.3 is 0 Å². The number of nitrogens with zero attached hydrogens (tertiary/aromatic N) is 1. The molecule has 3 fully saturated rings. The normalized spacial score (nSPS) is 46.0. The van der Waals surface area contributed by atoms with Gasteiger partial charge in [0.05, 0.1) is 5.60 Å². The second kappa shape index (κ2) is 5.13. The van der Waals surface area contributed by atoms with Crippen molar-refractivity contribution in [3.05, 3.63) is 0 Å². The van der Waals surface area contributed by atoms with Crippen LogP contribution in [0.5, 0.6) is 0 Å². The summed E-state index contributed by atoms with van der Waals surface area (Å²) >= 11 is 0. The molecule has 1 saturated carbocycles. The van der Waals surface area contributed by atoms with E-state index in [0.29, 0.717) is 12.0 Å². The predicted octanol–water partition coefficient (Wildman–Crippen LogP) is 3.19. The summed E-state index contributed by atoms with van der Waals surface area (Å²) in [6, 6.07) is 0.700. The van der Waals surface area contributed by atoms with Crippen molar-refractivity contribution in [3.63, 3.8) is 0 Å². The van der Waals surface area contributed by atoms with Crippen molar-refractivity contribution < 1.29 is 5.11 Å². The van der Waals surface area contributed by atoms with Gasteiger partial charge in [-0.1, -0.05) is 26.2 Å². The van der Waals surface area contributed by atoms with Crippen molar-refractivity contribution >= 4 is 0 Å². The van der Waals surface area contributed by atoms with Crippen LogP contribution in [0.15, 0.2) is 0 Å². The number of piperidine rings is 1. The molecule has 2 saturated heterocycles. The lowest BCUT2D eigenvalue weighted by molar-refractivity contribution is -0.0941. The monoisotopic (exact) mass is 251 g/mol. The van der Waals surface area contributed by atoms with E-state index < -0.39 is 0 Å². The SMILES string of the molecule is CCC1CCCC(C2(O)CCN3CCCC3C2)C1. The first kappa shape index (κ1) is 12.9. The number of hydrogen-bond donors (Lipinski definition) is 1. The standard InChI is InChI=1S/C16H29NO/c1-2-13-5-3-6-14(11-13)16(18)8-10-17-9-4-7-15(17)12-16/h13-15,18H,2-12H2,1H3. The Labute approximate surface area is 112 Å². The van der Waals surface area contributed by atoms with E-state index in [1.807, 2.05) is 0 Å². The maximum atomic E-state index is 11.1. The third-order valence-electron chi connectivity index (χ3n) is 6.04. The fraction of sp³-hybridized carbons (Fsp3) is 1.00. The average molecular weight is 251 g/mol. The molecule has 2 aliphatic heterocycles. The average Bonchev–Trinajstić information content (AvgIpc) is 2.86. The Hall–Kier alpha value is -0.0800. The van der Waals surface area contributed by atoms with Gasteiger partial charge in [-0.25, -0.2) is 0 Å². The molecule has 0 bridgehead atoms. The molecule has 2 heteroatoms. The minimum absolute atomic E-state index is 0.320. The van der Waals surface area contributed by atoms with E-state index >= 15 is 0 Å². The van der Waals surface area contributed by atoms with Crippen LogP contribution in [0.2, 0.25) is 0 Å². The van der Waals surface area contributed by atoms with Crippen LogP contribution < -0.4 is 0 Å². The van der Waals surface area contributed by atoms with Crippen LogP contribution >= 0.6 is 0 Å². The van der Waals surface area contributed by atoms with Crippen molar-refractivity contribution in [3.8, 4) is 0 Å². The molecule has 18 heavy (non-hydrogen) atoms. The first-order chi connectivity index (χ1) is 8.71. The first-order valence-electron chi connectivity index (χ1n) is 8.17. The topological polar surface area (TPSA) is 23.5 Å². The molecule has 3 rings (SSSR count). The number of aliphatic hydroxyl groups is 1. The maximum Gasteiger partial charge on any atom is 0.0703 e. The summed E-state index contributed by atoms with van der Waals surface area (Å²) in [7, 11) is 0. The quantitative estimate of drug-likeness (QED) is 0.814. The van der Waals surface area contributed by atoms with E-state index in [2.05, 4.69) is 11.8 Å². The van der Waals surface area contributed by atoms with Crippen molar-refractivity contribution in [1.82, 2.24) is 4.90 Å². The number of fused-ring (bicyclic) bond motifs is 1. The minimum atomic E-state index is -0.320. The summed E-state index contributed by atoms with van der Waals surface area (Å²) in [5.41, 5.74) is -0.320. The molecule has 0 amide bonds. The van der Waals surface area contributed by atoms with E-state index in [-0.39, 0.29) is 5.60 Å². The Kier molecular flexibility index (Phi) is 3.68. The lowest BCUT2D eigenvalue weighted by Crippen LogP contribution is -2.52. The smallest absolute Gasteiger partial charge is 0.0703 e. The van der Waals surface area contributed by atoms with Crippen molar-refractivity contribution in [2.45, 2.75) is 76.4 Å².